The lowest BCUT2D eigenvalue weighted by Gasteiger charge is -2.13. The van der Waals surface area contributed by atoms with E-state index in [2.05, 4.69) is 10.5 Å². The van der Waals surface area contributed by atoms with Crippen molar-refractivity contribution in [3.05, 3.63) is 65.7 Å². The number of carbonyl (C=O) groups excluding carboxylic acids is 1. The predicted octanol–water partition coefficient (Wildman–Crippen LogP) is 3.25. The number of hydrogen-bond acceptors (Lipinski definition) is 4. The molecular weight excluding hydrogens is 296 g/mol. The Morgan fingerprint density at radius 2 is 1.86 bits per heavy atom. The molecule has 4 nitrogen and oxygen atoms in total. The lowest BCUT2D eigenvalue weighted by atomic mass is 10.1. The lowest BCUT2D eigenvalue weighted by molar-refractivity contribution is -0.131. The minimum Gasteiger partial charge on any atom is -0.367 e. The molecule has 2 aromatic rings. The maximum Gasteiger partial charge on any atom is 0.273 e. The zero-order valence-electron chi connectivity index (χ0n) is 12.5. The summed E-state index contributed by atoms with van der Waals surface area (Å²) in [5, 5.41) is 3.98. The van der Waals surface area contributed by atoms with E-state index >= 15 is 0 Å². The van der Waals surface area contributed by atoms with E-state index in [-0.39, 0.29) is 5.91 Å². The molecular formula is C17H18N2O2S. The molecule has 2 aromatic carbocycles. The second-order valence-electron chi connectivity index (χ2n) is 4.53. The van der Waals surface area contributed by atoms with Crippen LogP contribution in [0.1, 0.15) is 17.2 Å². The Bertz CT molecular complexity index is 627. The van der Waals surface area contributed by atoms with Crippen molar-refractivity contribution >= 4 is 23.9 Å². The topological polar surface area (TPSA) is 50.7 Å². The Labute approximate surface area is 134 Å². The quantitative estimate of drug-likeness (QED) is 0.506. The summed E-state index contributed by atoms with van der Waals surface area (Å²) in [5.74, 6) is -0.300. The zero-order valence-corrected chi connectivity index (χ0v) is 13.3. The second kappa shape index (κ2) is 8.36. The number of carbonyl (C=O) groups is 1. The molecule has 0 saturated carbocycles. The molecule has 0 spiro atoms. The molecule has 1 N–H and O–H groups in total. The summed E-state index contributed by atoms with van der Waals surface area (Å²) in [6, 6.07) is 17.2. The van der Waals surface area contributed by atoms with Gasteiger partial charge in [-0.15, -0.1) is 11.8 Å². The van der Waals surface area contributed by atoms with Gasteiger partial charge in [-0.1, -0.05) is 42.5 Å². The van der Waals surface area contributed by atoms with Crippen molar-refractivity contribution < 1.29 is 9.53 Å². The molecule has 114 valence electrons. The van der Waals surface area contributed by atoms with Crippen molar-refractivity contribution in [2.75, 3.05) is 13.4 Å². The van der Waals surface area contributed by atoms with Crippen LogP contribution in [0.3, 0.4) is 0 Å². The summed E-state index contributed by atoms with van der Waals surface area (Å²) in [4.78, 5) is 13.3. The number of nitrogens with zero attached hydrogens (tertiary/aromatic N) is 1. The summed E-state index contributed by atoms with van der Waals surface area (Å²) < 4.78 is 5.24. The highest BCUT2D eigenvalue weighted by atomic mass is 32.2. The first kappa shape index (κ1) is 16.3. The Balaban J connectivity index is 1.97. The molecule has 0 bridgehead atoms. The molecule has 0 saturated heterocycles. The van der Waals surface area contributed by atoms with Crippen molar-refractivity contribution in [1.82, 2.24) is 5.43 Å². The fourth-order valence-corrected chi connectivity index (χ4v) is 2.35. The Morgan fingerprint density at radius 3 is 2.45 bits per heavy atom. The Kier molecular flexibility index (Phi) is 6.18. The highest BCUT2D eigenvalue weighted by Gasteiger charge is 2.18. The first-order valence-electron chi connectivity index (χ1n) is 6.79. The van der Waals surface area contributed by atoms with Gasteiger partial charge >= 0.3 is 0 Å². The zero-order chi connectivity index (χ0) is 15.8. The van der Waals surface area contributed by atoms with Crippen molar-refractivity contribution in [2.45, 2.75) is 11.0 Å². The van der Waals surface area contributed by atoms with E-state index in [0.717, 1.165) is 11.1 Å². The standard InChI is InChI=1S/C17H18N2O2S/c1-21-16(14-6-4-3-5-7-14)17(20)19-18-12-13-8-10-15(22-2)11-9-13/h3-12,16H,1-2H3,(H,19,20). The second-order valence-corrected chi connectivity index (χ2v) is 5.41. The summed E-state index contributed by atoms with van der Waals surface area (Å²) >= 11 is 1.68. The minimum absolute atomic E-state index is 0.300. The molecule has 0 radical (unpaired) electrons. The van der Waals surface area contributed by atoms with E-state index in [0.29, 0.717) is 0 Å². The maximum atomic E-state index is 12.1. The van der Waals surface area contributed by atoms with E-state index in [9.17, 15) is 4.79 Å². The van der Waals surface area contributed by atoms with Crippen LogP contribution >= 0.6 is 11.8 Å². The first-order valence-corrected chi connectivity index (χ1v) is 8.02. The predicted molar refractivity (Wildman–Crippen MR) is 90.2 cm³/mol. The van der Waals surface area contributed by atoms with Gasteiger partial charge in [0.2, 0.25) is 0 Å². The maximum absolute atomic E-state index is 12.1. The van der Waals surface area contributed by atoms with Gasteiger partial charge in [0.05, 0.1) is 6.21 Å². The van der Waals surface area contributed by atoms with Gasteiger partial charge in [-0.05, 0) is 29.5 Å². The molecule has 0 aromatic heterocycles. The van der Waals surface area contributed by atoms with E-state index in [4.69, 9.17) is 4.74 Å². The van der Waals surface area contributed by atoms with Gasteiger partial charge in [0, 0.05) is 12.0 Å². The van der Waals surface area contributed by atoms with E-state index in [1.54, 1.807) is 18.0 Å². The monoisotopic (exact) mass is 314 g/mol. The number of methoxy groups -OCH3 is 1. The molecule has 1 amide bonds. The number of rotatable bonds is 6. The van der Waals surface area contributed by atoms with Crippen LogP contribution in [0.2, 0.25) is 0 Å². The molecule has 0 fully saturated rings. The molecule has 5 heteroatoms. The first-order chi connectivity index (χ1) is 10.7. The van der Waals surface area contributed by atoms with Crippen molar-refractivity contribution in [1.29, 1.82) is 0 Å². The van der Waals surface area contributed by atoms with Crippen molar-refractivity contribution in [3.8, 4) is 0 Å². The number of thioether (sulfide) groups is 1. The molecule has 1 atom stereocenters. The number of nitrogens with one attached hydrogen (secondary N) is 1. The van der Waals surface area contributed by atoms with E-state index < -0.39 is 6.10 Å². The van der Waals surface area contributed by atoms with Gasteiger partial charge in [0.15, 0.2) is 6.10 Å². The molecule has 0 aliphatic rings. The largest absolute Gasteiger partial charge is 0.367 e. The van der Waals surface area contributed by atoms with Gasteiger partial charge in [0.25, 0.3) is 5.91 Å². The molecule has 0 heterocycles. The molecule has 1 unspecified atom stereocenters. The Morgan fingerprint density at radius 1 is 1.18 bits per heavy atom. The molecule has 2 rings (SSSR count). The van der Waals surface area contributed by atoms with E-state index in [1.165, 1.54) is 12.0 Å². The highest BCUT2D eigenvalue weighted by Crippen LogP contribution is 2.16. The normalized spacial score (nSPS) is 12.3. The van der Waals surface area contributed by atoms with Gasteiger partial charge in [-0.25, -0.2) is 5.43 Å². The third-order valence-electron chi connectivity index (χ3n) is 3.08. The van der Waals surface area contributed by atoms with Crippen LogP contribution in [-0.2, 0) is 9.53 Å². The summed E-state index contributed by atoms with van der Waals surface area (Å²) in [5.41, 5.74) is 4.23. The minimum atomic E-state index is -0.669. The number of ether oxygens (including phenoxy) is 1. The fraction of sp³-hybridized carbons (Fsp3) is 0.176. The van der Waals surface area contributed by atoms with Crippen LogP contribution in [0.5, 0.6) is 0 Å². The van der Waals surface area contributed by atoms with Gasteiger partial charge < -0.3 is 4.74 Å². The summed E-state index contributed by atoms with van der Waals surface area (Å²) in [7, 11) is 1.50. The number of amides is 1. The third-order valence-corrected chi connectivity index (χ3v) is 3.82. The molecule has 0 aliphatic heterocycles. The average Bonchev–Trinajstić information content (AvgIpc) is 2.57. The van der Waals surface area contributed by atoms with E-state index in [1.807, 2.05) is 60.9 Å². The molecule has 22 heavy (non-hydrogen) atoms. The van der Waals surface area contributed by atoms with Crippen molar-refractivity contribution in [3.63, 3.8) is 0 Å². The summed E-state index contributed by atoms with van der Waals surface area (Å²) in [6.45, 7) is 0. The number of hydrogen-bond donors (Lipinski definition) is 1. The van der Waals surface area contributed by atoms with Gasteiger partial charge in [0.1, 0.15) is 0 Å². The van der Waals surface area contributed by atoms with Crippen LogP contribution in [0.4, 0.5) is 0 Å². The van der Waals surface area contributed by atoms with Crippen LogP contribution in [0.25, 0.3) is 0 Å². The molecule has 0 aliphatic carbocycles. The van der Waals surface area contributed by atoms with Gasteiger partial charge in [-0.3, -0.25) is 4.79 Å². The van der Waals surface area contributed by atoms with Crippen LogP contribution < -0.4 is 5.43 Å². The average molecular weight is 314 g/mol. The van der Waals surface area contributed by atoms with Gasteiger partial charge in [-0.2, -0.15) is 5.10 Å². The van der Waals surface area contributed by atoms with Crippen LogP contribution in [0, 0.1) is 0 Å². The highest BCUT2D eigenvalue weighted by molar-refractivity contribution is 7.98. The SMILES string of the molecule is COC(C(=O)NN=Cc1ccc(SC)cc1)c1ccccc1. The lowest BCUT2D eigenvalue weighted by Crippen LogP contribution is -2.26. The third kappa shape index (κ3) is 4.44. The summed E-state index contributed by atoms with van der Waals surface area (Å²) in [6.07, 6.45) is 2.97. The number of hydrazone groups is 1. The van der Waals surface area contributed by atoms with Crippen LogP contribution in [0.15, 0.2) is 64.6 Å². The Hall–Kier alpha value is -2.11. The van der Waals surface area contributed by atoms with Crippen LogP contribution in [-0.4, -0.2) is 25.5 Å². The number of benzene rings is 2. The smallest absolute Gasteiger partial charge is 0.273 e. The van der Waals surface area contributed by atoms with Crippen molar-refractivity contribution in [2.24, 2.45) is 5.10 Å². The fourth-order valence-electron chi connectivity index (χ4n) is 1.94.